The molecule has 0 aliphatic heterocycles. The lowest BCUT2D eigenvalue weighted by molar-refractivity contribution is 0.0775. The molecule has 1 aliphatic rings. The molecule has 1 aliphatic carbocycles. The number of hydrogen-bond donors (Lipinski definition) is 0. The van der Waals surface area contributed by atoms with Crippen LogP contribution in [0.5, 0.6) is 0 Å². The van der Waals surface area contributed by atoms with Gasteiger partial charge in [0.2, 0.25) is 5.89 Å². The standard InChI is InChI=1S/C18H18N4O2S/c1-11-19-15(12-6-4-3-5-7-12)16(25-11)18(23)22(2)10-14-20-17(21-24-14)13-8-9-13/h3-7,13H,8-10H2,1-2H3. The van der Waals surface area contributed by atoms with Gasteiger partial charge in [-0.3, -0.25) is 4.79 Å². The molecule has 0 radical (unpaired) electrons. The van der Waals surface area contributed by atoms with Crippen molar-refractivity contribution in [3.05, 3.63) is 51.9 Å². The quantitative estimate of drug-likeness (QED) is 0.699. The lowest BCUT2D eigenvalue weighted by Crippen LogP contribution is -2.26. The van der Waals surface area contributed by atoms with E-state index in [0.29, 0.717) is 23.2 Å². The molecule has 4 rings (SSSR count). The average molecular weight is 354 g/mol. The summed E-state index contributed by atoms with van der Waals surface area (Å²) < 4.78 is 5.28. The van der Waals surface area contributed by atoms with Crippen molar-refractivity contribution in [3.8, 4) is 11.3 Å². The zero-order chi connectivity index (χ0) is 17.4. The van der Waals surface area contributed by atoms with Crippen LogP contribution in [0, 0.1) is 6.92 Å². The van der Waals surface area contributed by atoms with E-state index < -0.39 is 0 Å². The third-order valence-corrected chi connectivity index (χ3v) is 5.08. The van der Waals surface area contributed by atoms with Gasteiger partial charge in [-0.15, -0.1) is 11.3 Å². The summed E-state index contributed by atoms with van der Waals surface area (Å²) in [5.74, 6) is 1.58. The number of amides is 1. The van der Waals surface area contributed by atoms with Gasteiger partial charge < -0.3 is 9.42 Å². The molecule has 2 aromatic heterocycles. The highest BCUT2D eigenvalue weighted by molar-refractivity contribution is 7.14. The minimum atomic E-state index is -0.0874. The Bertz CT molecular complexity index is 899. The number of aryl methyl sites for hydroxylation is 1. The van der Waals surface area contributed by atoms with E-state index in [1.54, 1.807) is 11.9 Å². The first-order valence-electron chi connectivity index (χ1n) is 8.22. The van der Waals surface area contributed by atoms with Crippen molar-refractivity contribution in [2.24, 2.45) is 0 Å². The number of carbonyl (C=O) groups excluding carboxylic acids is 1. The zero-order valence-corrected chi connectivity index (χ0v) is 14.9. The summed E-state index contributed by atoms with van der Waals surface area (Å²) in [4.78, 5) is 24.1. The van der Waals surface area contributed by atoms with Gasteiger partial charge in [0.15, 0.2) is 5.82 Å². The summed E-state index contributed by atoms with van der Waals surface area (Å²) >= 11 is 1.41. The Hall–Kier alpha value is -2.54. The topological polar surface area (TPSA) is 72.1 Å². The minimum Gasteiger partial charge on any atom is -0.337 e. The molecule has 2 heterocycles. The maximum Gasteiger partial charge on any atom is 0.266 e. The zero-order valence-electron chi connectivity index (χ0n) is 14.1. The van der Waals surface area contributed by atoms with Crippen LogP contribution < -0.4 is 0 Å². The highest BCUT2D eigenvalue weighted by atomic mass is 32.1. The maximum absolute atomic E-state index is 12.9. The van der Waals surface area contributed by atoms with E-state index in [1.165, 1.54) is 11.3 Å². The van der Waals surface area contributed by atoms with Crippen molar-refractivity contribution >= 4 is 17.2 Å². The summed E-state index contributed by atoms with van der Waals surface area (Å²) in [6.45, 7) is 2.21. The SMILES string of the molecule is Cc1nc(-c2ccccc2)c(C(=O)N(C)Cc2nc(C3CC3)no2)s1. The Morgan fingerprint density at radius 3 is 2.76 bits per heavy atom. The van der Waals surface area contributed by atoms with Crippen molar-refractivity contribution in [3.63, 3.8) is 0 Å². The molecule has 0 spiro atoms. The molecule has 1 saturated carbocycles. The Labute approximate surface area is 149 Å². The Morgan fingerprint density at radius 2 is 2.04 bits per heavy atom. The molecule has 128 valence electrons. The highest BCUT2D eigenvalue weighted by Crippen LogP contribution is 2.38. The van der Waals surface area contributed by atoms with Crippen molar-refractivity contribution in [2.75, 3.05) is 7.05 Å². The molecule has 7 heteroatoms. The first-order valence-corrected chi connectivity index (χ1v) is 9.04. The molecule has 0 saturated heterocycles. The van der Waals surface area contributed by atoms with Crippen molar-refractivity contribution in [1.82, 2.24) is 20.0 Å². The van der Waals surface area contributed by atoms with Gasteiger partial charge in [0.05, 0.1) is 10.7 Å². The second kappa shape index (κ2) is 6.40. The summed E-state index contributed by atoms with van der Waals surface area (Å²) in [6.07, 6.45) is 2.24. The van der Waals surface area contributed by atoms with E-state index in [1.807, 2.05) is 37.3 Å². The number of carbonyl (C=O) groups is 1. The van der Waals surface area contributed by atoms with E-state index in [2.05, 4.69) is 15.1 Å². The van der Waals surface area contributed by atoms with Gasteiger partial charge in [-0.25, -0.2) is 4.98 Å². The average Bonchev–Trinajstić information content (AvgIpc) is 3.25. The number of aromatic nitrogens is 3. The largest absolute Gasteiger partial charge is 0.337 e. The van der Waals surface area contributed by atoms with Gasteiger partial charge in [0.1, 0.15) is 11.4 Å². The molecule has 3 aromatic rings. The second-order valence-corrected chi connectivity index (χ2v) is 7.46. The molecule has 1 aromatic carbocycles. The molecule has 0 unspecified atom stereocenters. The van der Waals surface area contributed by atoms with Gasteiger partial charge in [-0.05, 0) is 19.8 Å². The van der Waals surface area contributed by atoms with Gasteiger partial charge in [0, 0.05) is 18.5 Å². The molecule has 6 nitrogen and oxygen atoms in total. The molecule has 1 fully saturated rings. The molecule has 0 bridgehead atoms. The van der Waals surface area contributed by atoms with Crippen molar-refractivity contribution in [2.45, 2.75) is 32.2 Å². The number of nitrogens with zero attached hydrogens (tertiary/aromatic N) is 4. The first kappa shape index (κ1) is 16.0. The Balaban J connectivity index is 1.55. The summed E-state index contributed by atoms with van der Waals surface area (Å²) in [5.41, 5.74) is 1.67. The third kappa shape index (κ3) is 3.32. The van der Waals surface area contributed by atoms with Crippen molar-refractivity contribution in [1.29, 1.82) is 0 Å². The van der Waals surface area contributed by atoms with Crippen LogP contribution in [-0.4, -0.2) is 33.0 Å². The Morgan fingerprint density at radius 1 is 1.28 bits per heavy atom. The van der Waals surface area contributed by atoms with Gasteiger partial charge in [0.25, 0.3) is 5.91 Å². The predicted octanol–water partition coefficient (Wildman–Crippen LogP) is 3.65. The molecule has 1 amide bonds. The predicted molar refractivity (Wildman–Crippen MR) is 94.4 cm³/mol. The van der Waals surface area contributed by atoms with Gasteiger partial charge in [-0.2, -0.15) is 4.98 Å². The fourth-order valence-corrected chi connectivity index (χ4v) is 3.59. The minimum absolute atomic E-state index is 0.0874. The molecule has 0 atom stereocenters. The molecular weight excluding hydrogens is 336 g/mol. The number of rotatable bonds is 5. The van der Waals surface area contributed by atoms with Crippen LogP contribution >= 0.6 is 11.3 Å². The third-order valence-electron chi connectivity index (χ3n) is 4.12. The van der Waals surface area contributed by atoms with E-state index in [9.17, 15) is 4.79 Å². The fraction of sp³-hybridized carbons (Fsp3) is 0.333. The van der Waals surface area contributed by atoms with Crippen LogP contribution in [-0.2, 0) is 6.54 Å². The number of thiazole rings is 1. The lowest BCUT2D eigenvalue weighted by atomic mass is 10.1. The Kier molecular flexibility index (Phi) is 4.09. The highest BCUT2D eigenvalue weighted by Gasteiger charge is 2.29. The van der Waals surface area contributed by atoms with Gasteiger partial charge in [-0.1, -0.05) is 35.5 Å². The maximum atomic E-state index is 12.9. The molecular formula is C18H18N4O2S. The second-order valence-electron chi connectivity index (χ2n) is 6.26. The van der Waals surface area contributed by atoms with Gasteiger partial charge >= 0.3 is 0 Å². The van der Waals surface area contributed by atoms with E-state index in [4.69, 9.17) is 4.52 Å². The summed E-state index contributed by atoms with van der Waals surface area (Å²) in [6, 6.07) is 9.76. The van der Waals surface area contributed by atoms with E-state index in [0.717, 1.165) is 34.9 Å². The molecule has 0 N–H and O–H groups in total. The van der Waals surface area contributed by atoms with E-state index in [-0.39, 0.29) is 5.91 Å². The summed E-state index contributed by atoms with van der Waals surface area (Å²) in [5, 5.41) is 4.86. The number of hydrogen-bond acceptors (Lipinski definition) is 6. The van der Waals surface area contributed by atoms with Crippen LogP contribution in [0.4, 0.5) is 0 Å². The van der Waals surface area contributed by atoms with Crippen LogP contribution in [0.1, 0.15) is 45.2 Å². The number of benzene rings is 1. The van der Waals surface area contributed by atoms with Crippen molar-refractivity contribution < 1.29 is 9.32 Å². The van der Waals surface area contributed by atoms with Crippen LogP contribution in [0.15, 0.2) is 34.9 Å². The van der Waals surface area contributed by atoms with Crippen LogP contribution in [0.25, 0.3) is 11.3 Å². The normalized spacial score (nSPS) is 13.8. The van der Waals surface area contributed by atoms with Crippen LogP contribution in [0.2, 0.25) is 0 Å². The first-order chi connectivity index (χ1) is 12.1. The smallest absolute Gasteiger partial charge is 0.266 e. The lowest BCUT2D eigenvalue weighted by Gasteiger charge is -2.14. The fourth-order valence-electron chi connectivity index (χ4n) is 2.65. The van der Waals surface area contributed by atoms with E-state index >= 15 is 0 Å². The molecule has 25 heavy (non-hydrogen) atoms. The summed E-state index contributed by atoms with van der Waals surface area (Å²) in [7, 11) is 1.74. The monoisotopic (exact) mass is 354 g/mol. The van der Waals surface area contributed by atoms with Crippen LogP contribution in [0.3, 0.4) is 0 Å².